The molecule has 1 saturated carbocycles. The molecule has 0 bridgehead atoms. The monoisotopic (exact) mass is 270 g/mol. The van der Waals surface area contributed by atoms with Gasteiger partial charge in [0.25, 0.3) is 0 Å². The van der Waals surface area contributed by atoms with Gasteiger partial charge in [-0.1, -0.05) is 51.2 Å². The molecule has 1 aromatic heterocycles. The van der Waals surface area contributed by atoms with Gasteiger partial charge in [-0.3, -0.25) is 0 Å². The van der Waals surface area contributed by atoms with Gasteiger partial charge in [0.1, 0.15) is 5.82 Å². The summed E-state index contributed by atoms with van der Waals surface area (Å²) in [6.07, 6.45) is 10.7. The van der Waals surface area contributed by atoms with Crippen LogP contribution >= 0.6 is 0 Å². The molecule has 2 nitrogen and oxygen atoms in total. The van der Waals surface area contributed by atoms with Crippen LogP contribution in [0.4, 0.5) is 0 Å². The molecule has 1 fully saturated rings. The Morgan fingerprint density at radius 2 is 1.90 bits per heavy atom. The molecule has 1 aromatic carbocycles. The van der Waals surface area contributed by atoms with Crippen molar-refractivity contribution >= 4 is 11.0 Å². The van der Waals surface area contributed by atoms with E-state index < -0.39 is 0 Å². The fourth-order valence-corrected chi connectivity index (χ4v) is 3.52. The second kappa shape index (κ2) is 6.43. The van der Waals surface area contributed by atoms with E-state index in [0.29, 0.717) is 5.92 Å². The lowest BCUT2D eigenvalue weighted by Gasteiger charge is -2.13. The molecule has 20 heavy (non-hydrogen) atoms. The van der Waals surface area contributed by atoms with Gasteiger partial charge in [-0.15, -0.1) is 0 Å². The quantitative estimate of drug-likeness (QED) is 0.653. The summed E-state index contributed by atoms with van der Waals surface area (Å²) in [6.45, 7) is 3.42. The Morgan fingerprint density at radius 1 is 1.10 bits per heavy atom. The Labute approximate surface area is 122 Å². The van der Waals surface area contributed by atoms with E-state index in [0.717, 1.165) is 6.54 Å². The van der Waals surface area contributed by atoms with E-state index in [1.807, 2.05) is 0 Å². The summed E-state index contributed by atoms with van der Waals surface area (Å²) in [5, 5.41) is 0. The van der Waals surface area contributed by atoms with Crippen molar-refractivity contribution in [2.24, 2.45) is 0 Å². The average molecular weight is 270 g/mol. The van der Waals surface area contributed by atoms with Crippen LogP contribution in [0.15, 0.2) is 24.3 Å². The summed E-state index contributed by atoms with van der Waals surface area (Å²) in [5.74, 6) is 2.06. The number of benzene rings is 1. The van der Waals surface area contributed by atoms with Crippen molar-refractivity contribution in [3.8, 4) is 0 Å². The normalized spacial score (nSPS) is 16.2. The van der Waals surface area contributed by atoms with E-state index >= 15 is 0 Å². The number of hydrogen-bond donors (Lipinski definition) is 0. The number of para-hydroxylation sites is 2. The number of nitrogens with zero attached hydrogens (tertiary/aromatic N) is 2. The Kier molecular flexibility index (Phi) is 4.39. The maximum Gasteiger partial charge on any atom is 0.112 e. The number of hydrogen-bond acceptors (Lipinski definition) is 1. The molecule has 0 saturated heterocycles. The minimum absolute atomic E-state index is 0.702. The maximum absolute atomic E-state index is 4.96. The zero-order valence-electron chi connectivity index (χ0n) is 12.6. The SMILES string of the molecule is CCCCCCn1c(C2CCCC2)nc2ccccc21. The van der Waals surface area contributed by atoms with Crippen molar-refractivity contribution in [1.29, 1.82) is 0 Å². The highest BCUT2D eigenvalue weighted by Crippen LogP contribution is 2.35. The molecular formula is C18H26N2. The van der Waals surface area contributed by atoms with Gasteiger partial charge in [0, 0.05) is 12.5 Å². The van der Waals surface area contributed by atoms with Crippen LogP contribution in [0.3, 0.4) is 0 Å². The van der Waals surface area contributed by atoms with Gasteiger partial charge >= 0.3 is 0 Å². The van der Waals surface area contributed by atoms with Crippen LogP contribution in [-0.4, -0.2) is 9.55 Å². The second-order valence-electron chi connectivity index (χ2n) is 6.15. The average Bonchev–Trinajstić information content (AvgIpc) is 3.11. The molecule has 108 valence electrons. The summed E-state index contributed by atoms with van der Waals surface area (Å²) >= 11 is 0. The minimum Gasteiger partial charge on any atom is -0.328 e. The fourth-order valence-electron chi connectivity index (χ4n) is 3.52. The van der Waals surface area contributed by atoms with E-state index in [4.69, 9.17) is 4.98 Å². The number of fused-ring (bicyclic) bond motifs is 1. The van der Waals surface area contributed by atoms with Crippen molar-refractivity contribution in [2.75, 3.05) is 0 Å². The van der Waals surface area contributed by atoms with E-state index in [9.17, 15) is 0 Å². The molecule has 2 heteroatoms. The lowest BCUT2D eigenvalue weighted by molar-refractivity contribution is 0.545. The lowest BCUT2D eigenvalue weighted by atomic mass is 10.1. The van der Waals surface area contributed by atoms with Crippen LogP contribution in [0.25, 0.3) is 11.0 Å². The molecule has 0 atom stereocenters. The van der Waals surface area contributed by atoms with E-state index in [-0.39, 0.29) is 0 Å². The number of imidazole rings is 1. The van der Waals surface area contributed by atoms with Crippen LogP contribution in [-0.2, 0) is 6.54 Å². The van der Waals surface area contributed by atoms with Gasteiger partial charge in [0.2, 0.25) is 0 Å². The highest BCUT2D eigenvalue weighted by atomic mass is 15.1. The third kappa shape index (κ3) is 2.74. The summed E-state index contributed by atoms with van der Waals surface area (Å²) in [5.41, 5.74) is 2.52. The third-order valence-corrected chi connectivity index (χ3v) is 4.64. The second-order valence-corrected chi connectivity index (χ2v) is 6.15. The standard InChI is InChI=1S/C18H26N2/c1-2-3-4-9-14-20-17-13-8-7-12-16(17)19-18(20)15-10-5-6-11-15/h7-8,12-13,15H,2-6,9-11,14H2,1H3. The van der Waals surface area contributed by atoms with Crippen molar-refractivity contribution in [3.63, 3.8) is 0 Å². The molecular weight excluding hydrogens is 244 g/mol. The van der Waals surface area contributed by atoms with Crippen LogP contribution in [0, 0.1) is 0 Å². The highest BCUT2D eigenvalue weighted by Gasteiger charge is 2.23. The number of unbranched alkanes of at least 4 members (excludes halogenated alkanes) is 3. The molecule has 0 N–H and O–H groups in total. The van der Waals surface area contributed by atoms with Crippen LogP contribution in [0.2, 0.25) is 0 Å². The van der Waals surface area contributed by atoms with Crippen LogP contribution < -0.4 is 0 Å². The Hall–Kier alpha value is -1.31. The first-order valence-electron chi connectivity index (χ1n) is 8.35. The number of aromatic nitrogens is 2. The Balaban J connectivity index is 1.87. The van der Waals surface area contributed by atoms with Crippen molar-refractivity contribution in [3.05, 3.63) is 30.1 Å². The topological polar surface area (TPSA) is 17.8 Å². The van der Waals surface area contributed by atoms with Crippen molar-refractivity contribution in [1.82, 2.24) is 9.55 Å². The van der Waals surface area contributed by atoms with Crippen LogP contribution in [0.5, 0.6) is 0 Å². The summed E-state index contributed by atoms with van der Waals surface area (Å²) < 4.78 is 2.51. The predicted molar refractivity (Wildman–Crippen MR) is 85.1 cm³/mol. The van der Waals surface area contributed by atoms with Crippen molar-refractivity contribution in [2.45, 2.75) is 70.8 Å². The summed E-state index contributed by atoms with van der Waals surface area (Å²) in [7, 11) is 0. The molecule has 1 aliphatic rings. The molecule has 0 radical (unpaired) electrons. The van der Waals surface area contributed by atoms with Crippen molar-refractivity contribution < 1.29 is 0 Å². The Morgan fingerprint density at radius 3 is 2.70 bits per heavy atom. The number of aryl methyl sites for hydroxylation is 1. The van der Waals surface area contributed by atoms with Gasteiger partial charge < -0.3 is 4.57 Å². The van der Waals surface area contributed by atoms with Gasteiger partial charge in [-0.05, 0) is 31.4 Å². The minimum atomic E-state index is 0.702. The van der Waals surface area contributed by atoms with Gasteiger partial charge in [0.15, 0.2) is 0 Å². The number of rotatable bonds is 6. The molecule has 1 aliphatic carbocycles. The fraction of sp³-hybridized carbons (Fsp3) is 0.611. The predicted octanol–water partition coefficient (Wildman–Crippen LogP) is 5.27. The lowest BCUT2D eigenvalue weighted by Crippen LogP contribution is -2.07. The molecule has 0 aliphatic heterocycles. The molecule has 2 aromatic rings. The van der Waals surface area contributed by atoms with Gasteiger partial charge in [0.05, 0.1) is 11.0 Å². The smallest absolute Gasteiger partial charge is 0.112 e. The first kappa shape index (κ1) is 13.7. The first-order valence-corrected chi connectivity index (χ1v) is 8.35. The molecule has 0 spiro atoms. The molecule has 0 amide bonds. The van der Waals surface area contributed by atoms with E-state index in [1.54, 1.807) is 0 Å². The van der Waals surface area contributed by atoms with E-state index in [2.05, 4.69) is 35.8 Å². The molecule has 3 rings (SSSR count). The maximum atomic E-state index is 4.96. The first-order chi connectivity index (χ1) is 9.90. The highest BCUT2D eigenvalue weighted by molar-refractivity contribution is 5.76. The van der Waals surface area contributed by atoms with Gasteiger partial charge in [-0.2, -0.15) is 0 Å². The van der Waals surface area contributed by atoms with Gasteiger partial charge in [-0.25, -0.2) is 4.98 Å². The molecule has 0 unspecified atom stereocenters. The van der Waals surface area contributed by atoms with Crippen LogP contribution in [0.1, 0.15) is 70.0 Å². The third-order valence-electron chi connectivity index (χ3n) is 4.64. The largest absolute Gasteiger partial charge is 0.328 e. The van der Waals surface area contributed by atoms with E-state index in [1.165, 1.54) is 68.2 Å². The molecule has 1 heterocycles. The zero-order chi connectivity index (χ0) is 13.8. The summed E-state index contributed by atoms with van der Waals surface area (Å²) in [4.78, 5) is 4.96. The zero-order valence-corrected chi connectivity index (χ0v) is 12.6. The summed E-state index contributed by atoms with van der Waals surface area (Å²) in [6, 6.07) is 8.65. The Bertz CT molecular complexity index is 550.